The Kier molecular flexibility index (Phi) is 14.4. The van der Waals surface area contributed by atoms with E-state index in [1.54, 1.807) is 12.1 Å². The van der Waals surface area contributed by atoms with Gasteiger partial charge in [0, 0.05) is 94.1 Å². The minimum atomic E-state index is -0.690. The number of nitrogens with two attached hydrogens (primary N) is 1. The zero-order chi connectivity index (χ0) is 40.0. The number of carboxylic acid groups (broad SMARTS) is 1. The van der Waals surface area contributed by atoms with Crippen molar-refractivity contribution in [2.24, 2.45) is 17.6 Å². The summed E-state index contributed by atoms with van der Waals surface area (Å²) in [6.07, 6.45) is 5.40. The van der Waals surface area contributed by atoms with Crippen LogP contribution in [-0.2, 0) is 22.4 Å². The molecule has 4 aliphatic heterocycles. The van der Waals surface area contributed by atoms with Gasteiger partial charge in [-0.3, -0.25) is 9.59 Å². The molecule has 296 valence electrons. The van der Waals surface area contributed by atoms with Gasteiger partial charge >= 0.3 is 5.97 Å². The van der Waals surface area contributed by atoms with Crippen molar-refractivity contribution in [3.63, 3.8) is 0 Å². The SMILES string of the molecule is N#Cc1ccc(N2CCC(C(=O)NCCN3CCc4ccccc43)CC2)cc1.N#Cc1ccc(N2CCC(C(=O)O)CC2)cc1.NCCN1CCc2ccccc21. The second-order valence-electron chi connectivity index (χ2n) is 15.0. The summed E-state index contributed by atoms with van der Waals surface area (Å²) in [5.74, 6) is -0.610. The van der Waals surface area contributed by atoms with E-state index in [0.29, 0.717) is 30.5 Å². The van der Waals surface area contributed by atoms with E-state index >= 15 is 0 Å². The summed E-state index contributed by atoms with van der Waals surface area (Å²) < 4.78 is 0. The van der Waals surface area contributed by atoms with Crippen LogP contribution < -0.4 is 30.7 Å². The van der Waals surface area contributed by atoms with E-state index in [4.69, 9.17) is 21.4 Å². The molecule has 0 aromatic heterocycles. The molecule has 0 aliphatic carbocycles. The topological polar surface area (TPSA) is 153 Å². The highest BCUT2D eigenvalue weighted by molar-refractivity contribution is 5.79. The summed E-state index contributed by atoms with van der Waals surface area (Å²) >= 11 is 0. The number of nitriles is 2. The van der Waals surface area contributed by atoms with E-state index in [-0.39, 0.29) is 17.7 Å². The maximum absolute atomic E-state index is 12.6. The summed E-state index contributed by atoms with van der Waals surface area (Å²) in [7, 11) is 0. The van der Waals surface area contributed by atoms with Crippen molar-refractivity contribution in [2.75, 3.05) is 85.0 Å². The molecule has 4 aromatic rings. The van der Waals surface area contributed by atoms with Gasteiger partial charge in [0.1, 0.15) is 0 Å². The molecule has 8 rings (SSSR count). The Morgan fingerprint density at radius 1 is 0.632 bits per heavy atom. The van der Waals surface area contributed by atoms with Crippen molar-refractivity contribution in [3.8, 4) is 12.1 Å². The van der Waals surface area contributed by atoms with E-state index < -0.39 is 5.97 Å². The number of nitrogens with zero attached hydrogens (tertiary/aromatic N) is 6. The Morgan fingerprint density at radius 3 is 1.51 bits per heavy atom. The van der Waals surface area contributed by atoms with Crippen LogP contribution in [0.15, 0.2) is 97.1 Å². The molecule has 1 amide bonds. The van der Waals surface area contributed by atoms with Crippen molar-refractivity contribution >= 4 is 34.6 Å². The number of benzene rings is 4. The third-order valence-electron chi connectivity index (χ3n) is 11.5. The van der Waals surface area contributed by atoms with Gasteiger partial charge in [-0.25, -0.2) is 0 Å². The number of para-hydroxylation sites is 2. The van der Waals surface area contributed by atoms with Crippen LogP contribution in [0, 0.1) is 34.5 Å². The van der Waals surface area contributed by atoms with E-state index in [2.05, 4.69) is 85.6 Å². The molecular formula is C46H54N8O3. The number of nitrogens with one attached hydrogen (secondary N) is 1. The molecule has 4 N–H and O–H groups in total. The molecule has 2 saturated heterocycles. The van der Waals surface area contributed by atoms with Gasteiger partial charge in [0.15, 0.2) is 0 Å². The quantitative estimate of drug-likeness (QED) is 0.190. The van der Waals surface area contributed by atoms with Gasteiger partial charge in [0.25, 0.3) is 0 Å². The summed E-state index contributed by atoms with van der Waals surface area (Å²) in [6, 6.07) is 36.4. The molecule has 0 radical (unpaired) electrons. The average Bonchev–Trinajstić information content (AvgIpc) is 3.88. The van der Waals surface area contributed by atoms with Gasteiger partial charge in [-0.05, 0) is 110 Å². The summed E-state index contributed by atoms with van der Waals surface area (Å²) in [4.78, 5) is 32.6. The van der Waals surface area contributed by atoms with E-state index in [9.17, 15) is 9.59 Å². The number of carbonyl (C=O) groups is 2. The third kappa shape index (κ3) is 10.8. The molecule has 4 heterocycles. The minimum Gasteiger partial charge on any atom is -0.481 e. The number of hydrogen-bond donors (Lipinski definition) is 3. The standard InChI is InChI=1S/C23H26N4O.C13H14N2O2.C10H14N2/c24-17-18-5-7-21(8-6-18)26-13-10-20(11-14-26)23(28)25-12-16-27-15-9-19-3-1-2-4-22(19)27;14-9-10-1-3-12(4-2-10)15-7-5-11(6-8-15)13(16)17;11-6-8-12-7-5-9-3-1-2-4-10(9)12/h1-8,20H,9-16H2,(H,25,28);1-4,11H,5-8H2,(H,16,17);1-4H,5-8,11H2. The zero-order valence-corrected chi connectivity index (χ0v) is 32.7. The van der Waals surface area contributed by atoms with Crippen LogP contribution in [0.4, 0.5) is 22.7 Å². The second-order valence-corrected chi connectivity index (χ2v) is 15.0. The molecule has 11 nitrogen and oxygen atoms in total. The van der Waals surface area contributed by atoms with Crippen LogP contribution in [0.3, 0.4) is 0 Å². The van der Waals surface area contributed by atoms with Gasteiger partial charge in [-0.2, -0.15) is 10.5 Å². The van der Waals surface area contributed by atoms with E-state index in [1.165, 1.54) is 28.9 Å². The average molecular weight is 767 g/mol. The number of aliphatic carboxylic acids is 1. The first-order valence-electron chi connectivity index (χ1n) is 20.2. The lowest BCUT2D eigenvalue weighted by atomic mass is 9.95. The van der Waals surface area contributed by atoms with Crippen LogP contribution in [0.1, 0.15) is 47.9 Å². The number of piperidine rings is 2. The van der Waals surface area contributed by atoms with Crippen molar-refractivity contribution in [3.05, 3.63) is 119 Å². The van der Waals surface area contributed by atoms with Gasteiger partial charge < -0.3 is 35.8 Å². The first-order chi connectivity index (χ1) is 27.9. The number of carbonyl (C=O) groups excluding carboxylic acids is 1. The molecule has 2 fully saturated rings. The van der Waals surface area contributed by atoms with Crippen molar-refractivity contribution in [2.45, 2.75) is 38.5 Å². The highest BCUT2D eigenvalue weighted by Gasteiger charge is 2.26. The Hall–Kier alpha value is -6.04. The molecule has 11 heteroatoms. The molecule has 4 aliphatic rings. The van der Waals surface area contributed by atoms with Crippen molar-refractivity contribution < 1.29 is 14.7 Å². The number of rotatable bonds is 9. The Balaban J connectivity index is 0.000000160. The van der Waals surface area contributed by atoms with E-state index in [0.717, 1.165) is 89.5 Å². The zero-order valence-electron chi connectivity index (χ0n) is 32.7. The molecule has 4 aromatic carbocycles. The summed E-state index contributed by atoms with van der Waals surface area (Å²) in [6.45, 7) is 8.76. The fraction of sp³-hybridized carbons (Fsp3) is 0.391. The first kappa shape index (κ1) is 40.6. The predicted octanol–water partition coefficient (Wildman–Crippen LogP) is 5.82. The smallest absolute Gasteiger partial charge is 0.306 e. The Morgan fingerprint density at radius 2 is 1.07 bits per heavy atom. The lowest BCUT2D eigenvalue weighted by molar-refractivity contribution is -0.142. The molecular weight excluding hydrogens is 713 g/mol. The second kappa shape index (κ2) is 20.2. The Labute approximate surface area is 336 Å². The van der Waals surface area contributed by atoms with Crippen LogP contribution in [0.25, 0.3) is 0 Å². The highest BCUT2D eigenvalue weighted by atomic mass is 16.4. The molecule has 0 bridgehead atoms. The van der Waals surface area contributed by atoms with E-state index in [1.807, 2.05) is 36.4 Å². The predicted molar refractivity (Wildman–Crippen MR) is 227 cm³/mol. The maximum atomic E-state index is 12.6. The lowest BCUT2D eigenvalue weighted by Gasteiger charge is -2.33. The fourth-order valence-corrected chi connectivity index (χ4v) is 8.17. The summed E-state index contributed by atoms with van der Waals surface area (Å²) in [5, 5.41) is 29.7. The molecule has 0 unspecified atom stereocenters. The largest absolute Gasteiger partial charge is 0.481 e. The van der Waals surface area contributed by atoms with Gasteiger partial charge in [-0.1, -0.05) is 36.4 Å². The highest BCUT2D eigenvalue weighted by Crippen LogP contribution is 2.28. The van der Waals surface area contributed by atoms with Crippen LogP contribution in [-0.4, -0.2) is 82.4 Å². The third-order valence-corrected chi connectivity index (χ3v) is 11.5. The molecule has 0 atom stereocenters. The van der Waals surface area contributed by atoms with Crippen LogP contribution in [0.2, 0.25) is 0 Å². The number of carboxylic acids is 1. The Bertz CT molecular complexity index is 2010. The van der Waals surface area contributed by atoms with Crippen molar-refractivity contribution in [1.29, 1.82) is 10.5 Å². The molecule has 0 saturated carbocycles. The number of anilines is 4. The van der Waals surface area contributed by atoms with Crippen LogP contribution in [0.5, 0.6) is 0 Å². The number of amides is 1. The monoisotopic (exact) mass is 766 g/mol. The van der Waals surface area contributed by atoms with Crippen molar-refractivity contribution in [1.82, 2.24) is 5.32 Å². The number of fused-ring (bicyclic) bond motifs is 2. The van der Waals surface area contributed by atoms with Crippen LogP contribution >= 0.6 is 0 Å². The molecule has 57 heavy (non-hydrogen) atoms. The maximum Gasteiger partial charge on any atom is 0.306 e. The summed E-state index contributed by atoms with van der Waals surface area (Å²) in [5.41, 5.74) is 14.6. The van der Waals surface area contributed by atoms with Gasteiger partial charge in [0.05, 0.1) is 29.2 Å². The lowest BCUT2D eigenvalue weighted by Crippen LogP contribution is -2.42. The minimum absolute atomic E-state index is 0.0977. The van der Waals surface area contributed by atoms with Gasteiger partial charge in [0.2, 0.25) is 5.91 Å². The molecule has 0 spiro atoms. The van der Waals surface area contributed by atoms with Gasteiger partial charge in [-0.15, -0.1) is 0 Å². The first-order valence-corrected chi connectivity index (χ1v) is 20.2. The number of hydrogen-bond acceptors (Lipinski definition) is 9. The fourth-order valence-electron chi connectivity index (χ4n) is 8.17. The normalized spacial score (nSPS) is 16.2.